The molecule has 1 aromatic rings. The Bertz CT molecular complexity index is 286. The van der Waals surface area contributed by atoms with Gasteiger partial charge in [-0.1, -0.05) is 38.4 Å². The zero-order valence-electron chi connectivity index (χ0n) is 7.49. The molecule has 0 nitrogen and oxygen atoms in total. The third-order valence-corrected chi connectivity index (χ3v) is 3.36. The van der Waals surface area contributed by atoms with Crippen molar-refractivity contribution in [1.82, 2.24) is 0 Å². The van der Waals surface area contributed by atoms with Crippen LogP contribution in [-0.4, -0.2) is 0 Å². The van der Waals surface area contributed by atoms with E-state index in [0.29, 0.717) is 0 Å². The van der Waals surface area contributed by atoms with E-state index in [1.807, 2.05) is 6.07 Å². The van der Waals surface area contributed by atoms with Crippen LogP contribution >= 0.6 is 34.2 Å². The lowest BCUT2D eigenvalue weighted by Gasteiger charge is -2.19. The maximum atomic E-state index is 6.01. The monoisotopic (exact) mass is 294 g/mol. The second-order valence-electron chi connectivity index (χ2n) is 3.88. The first-order valence-corrected chi connectivity index (χ1v) is 5.32. The predicted octanol–water partition coefficient (Wildman–Crippen LogP) is 4.24. The SMILES string of the molecule is CC(C)(C)c1ccc(I)c(Cl)c1. The molecule has 0 aliphatic rings. The minimum absolute atomic E-state index is 0.188. The number of hydrogen-bond acceptors (Lipinski definition) is 0. The molecule has 0 bridgehead atoms. The van der Waals surface area contributed by atoms with Crippen LogP contribution in [0.4, 0.5) is 0 Å². The summed E-state index contributed by atoms with van der Waals surface area (Å²) in [5.41, 5.74) is 1.47. The topological polar surface area (TPSA) is 0 Å². The fourth-order valence-corrected chi connectivity index (χ4v) is 1.48. The Morgan fingerprint density at radius 2 is 1.83 bits per heavy atom. The molecular formula is C10H12ClI. The molecule has 0 fully saturated rings. The second-order valence-corrected chi connectivity index (χ2v) is 5.45. The van der Waals surface area contributed by atoms with E-state index in [-0.39, 0.29) is 5.41 Å². The first kappa shape index (κ1) is 10.3. The van der Waals surface area contributed by atoms with Gasteiger partial charge in [0.05, 0.1) is 5.02 Å². The smallest absolute Gasteiger partial charge is 0.0542 e. The quantitative estimate of drug-likeness (QED) is 0.628. The molecule has 0 saturated carbocycles. The molecule has 0 amide bonds. The molecule has 66 valence electrons. The Balaban J connectivity index is 3.14. The molecule has 0 saturated heterocycles. The molecular weight excluding hydrogens is 282 g/mol. The highest BCUT2D eigenvalue weighted by Gasteiger charge is 2.14. The predicted molar refractivity (Wildman–Crippen MR) is 62.9 cm³/mol. The molecule has 0 aromatic heterocycles. The van der Waals surface area contributed by atoms with Crippen molar-refractivity contribution in [3.8, 4) is 0 Å². The summed E-state index contributed by atoms with van der Waals surface area (Å²) in [5.74, 6) is 0. The first-order valence-electron chi connectivity index (χ1n) is 3.87. The van der Waals surface area contributed by atoms with Crippen molar-refractivity contribution in [3.05, 3.63) is 32.4 Å². The third-order valence-electron chi connectivity index (χ3n) is 1.79. The van der Waals surface area contributed by atoms with Crippen molar-refractivity contribution in [2.45, 2.75) is 26.2 Å². The van der Waals surface area contributed by atoms with Crippen LogP contribution in [0.3, 0.4) is 0 Å². The Morgan fingerprint density at radius 1 is 1.25 bits per heavy atom. The van der Waals surface area contributed by atoms with Crippen LogP contribution in [0, 0.1) is 3.57 Å². The first-order chi connectivity index (χ1) is 5.41. The Hall–Kier alpha value is 0.240. The molecule has 0 aliphatic carbocycles. The van der Waals surface area contributed by atoms with Crippen molar-refractivity contribution < 1.29 is 0 Å². The lowest BCUT2D eigenvalue weighted by Crippen LogP contribution is -2.10. The second kappa shape index (κ2) is 3.54. The van der Waals surface area contributed by atoms with Gasteiger partial charge in [0.1, 0.15) is 0 Å². The van der Waals surface area contributed by atoms with Gasteiger partial charge in [-0.2, -0.15) is 0 Å². The highest BCUT2D eigenvalue weighted by Crippen LogP contribution is 2.27. The molecule has 0 atom stereocenters. The summed E-state index contributed by atoms with van der Waals surface area (Å²) in [6.07, 6.45) is 0. The maximum absolute atomic E-state index is 6.01. The molecule has 12 heavy (non-hydrogen) atoms. The zero-order chi connectivity index (χ0) is 9.35. The van der Waals surface area contributed by atoms with Crippen molar-refractivity contribution >= 4 is 34.2 Å². The van der Waals surface area contributed by atoms with Crippen molar-refractivity contribution in [2.24, 2.45) is 0 Å². The van der Waals surface area contributed by atoms with Crippen LogP contribution < -0.4 is 0 Å². The highest BCUT2D eigenvalue weighted by atomic mass is 127. The third kappa shape index (κ3) is 2.36. The van der Waals surface area contributed by atoms with Crippen LogP contribution in [0.5, 0.6) is 0 Å². The average Bonchev–Trinajstić information content (AvgIpc) is 1.92. The van der Waals surface area contributed by atoms with E-state index in [9.17, 15) is 0 Å². The van der Waals surface area contributed by atoms with Crippen LogP contribution in [-0.2, 0) is 5.41 Å². The van der Waals surface area contributed by atoms with E-state index in [4.69, 9.17) is 11.6 Å². The molecule has 2 heteroatoms. The van der Waals surface area contributed by atoms with Crippen LogP contribution in [0.25, 0.3) is 0 Å². The van der Waals surface area contributed by atoms with E-state index >= 15 is 0 Å². The molecule has 1 aromatic carbocycles. The van der Waals surface area contributed by atoms with Gasteiger partial charge in [0.2, 0.25) is 0 Å². The van der Waals surface area contributed by atoms with Gasteiger partial charge in [-0.05, 0) is 45.7 Å². The summed E-state index contributed by atoms with van der Waals surface area (Å²) in [6.45, 7) is 6.56. The minimum Gasteiger partial charge on any atom is -0.0832 e. The summed E-state index contributed by atoms with van der Waals surface area (Å²) >= 11 is 8.25. The Kier molecular flexibility index (Phi) is 3.05. The number of benzene rings is 1. The van der Waals surface area contributed by atoms with E-state index in [1.165, 1.54) is 5.56 Å². The van der Waals surface area contributed by atoms with E-state index < -0.39 is 0 Å². The fraction of sp³-hybridized carbons (Fsp3) is 0.400. The maximum Gasteiger partial charge on any atom is 0.0542 e. The lowest BCUT2D eigenvalue weighted by molar-refractivity contribution is 0.590. The van der Waals surface area contributed by atoms with Gasteiger partial charge in [-0.25, -0.2) is 0 Å². The molecule has 0 aliphatic heterocycles. The van der Waals surface area contributed by atoms with Crippen LogP contribution in [0.1, 0.15) is 26.3 Å². The average molecular weight is 295 g/mol. The Labute approximate surface area is 92.5 Å². The van der Waals surface area contributed by atoms with Gasteiger partial charge in [-0.15, -0.1) is 0 Å². The summed E-state index contributed by atoms with van der Waals surface area (Å²) in [6, 6.07) is 6.24. The largest absolute Gasteiger partial charge is 0.0832 e. The number of rotatable bonds is 0. The van der Waals surface area contributed by atoms with E-state index in [0.717, 1.165) is 8.59 Å². The van der Waals surface area contributed by atoms with Gasteiger partial charge in [0.25, 0.3) is 0 Å². The molecule has 0 spiro atoms. The minimum atomic E-state index is 0.188. The standard InChI is InChI=1S/C10H12ClI/c1-10(2,3)7-4-5-9(12)8(11)6-7/h4-6H,1-3H3. The van der Waals surface area contributed by atoms with Crippen LogP contribution in [0.2, 0.25) is 5.02 Å². The molecule has 0 radical (unpaired) electrons. The zero-order valence-corrected chi connectivity index (χ0v) is 10.4. The normalized spacial score (nSPS) is 11.8. The van der Waals surface area contributed by atoms with Gasteiger partial charge < -0.3 is 0 Å². The van der Waals surface area contributed by atoms with Gasteiger partial charge in [0, 0.05) is 3.57 Å². The Morgan fingerprint density at radius 3 is 2.25 bits per heavy atom. The molecule has 0 unspecified atom stereocenters. The van der Waals surface area contributed by atoms with Gasteiger partial charge >= 0.3 is 0 Å². The van der Waals surface area contributed by atoms with E-state index in [2.05, 4.69) is 55.5 Å². The molecule has 0 heterocycles. The van der Waals surface area contributed by atoms with Crippen molar-refractivity contribution in [2.75, 3.05) is 0 Å². The molecule has 0 N–H and O–H groups in total. The number of halogens is 2. The van der Waals surface area contributed by atoms with Crippen molar-refractivity contribution in [1.29, 1.82) is 0 Å². The summed E-state index contributed by atoms with van der Waals surface area (Å²) in [4.78, 5) is 0. The summed E-state index contributed by atoms with van der Waals surface area (Å²) in [5, 5.41) is 0.850. The van der Waals surface area contributed by atoms with E-state index in [1.54, 1.807) is 0 Å². The summed E-state index contributed by atoms with van der Waals surface area (Å²) < 4.78 is 1.11. The number of hydrogen-bond donors (Lipinski definition) is 0. The van der Waals surface area contributed by atoms with Gasteiger partial charge in [0.15, 0.2) is 0 Å². The fourth-order valence-electron chi connectivity index (χ4n) is 0.963. The van der Waals surface area contributed by atoms with Crippen molar-refractivity contribution in [3.63, 3.8) is 0 Å². The van der Waals surface area contributed by atoms with Crippen LogP contribution in [0.15, 0.2) is 18.2 Å². The van der Waals surface area contributed by atoms with Gasteiger partial charge in [-0.3, -0.25) is 0 Å². The summed E-state index contributed by atoms with van der Waals surface area (Å²) in [7, 11) is 0. The highest BCUT2D eigenvalue weighted by molar-refractivity contribution is 14.1. The molecule has 1 rings (SSSR count). The lowest BCUT2D eigenvalue weighted by atomic mass is 9.87.